The molecule has 1 N–H and O–H groups in total. The SMILES string of the molecule is CNC(CCC#N)c1cc(C(C)C)c(OC)cc1C. The Morgan fingerprint density at radius 3 is 2.47 bits per heavy atom. The van der Waals surface area contributed by atoms with Crippen LogP contribution in [0.4, 0.5) is 0 Å². The summed E-state index contributed by atoms with van der Waals surface area (Å²) in [6.45, 7) is 6.43. The van der Waals surface area contributed by atoms with E-state index in [0.29, 0.717) is 12.3 Å². The first-order chi connectivity index (χ1) is 9.04. The van der Waals surface area contributed by atoms with E-state index in [4.69, 9.17) is 10.00 Å². The van der Waals surface area contributed by atoms with Gasteiger partial charge in [0.15, 0.2) is 0 Å². The fraction of sp³-hybridized carbons (Fsp3) is 0.562. The Morgan fingerprint density at radius 1 is 1.32 bits per heavy atom. The van der Waals surface area contributed by atoms with Crippen molar-refractivity contribution in [2.45, 2.75) is 45.6 Å². The highest BCUT2D eigenvalue weighted by atomic mass is 16.5. The number of methoxy groups -OCH3 is 1. The van der Waals surface area contributed by atoms with Crippen molar-refractivity contribution in [2.24, 2.45) is 0 Å². The van der Waals surface area contributed by atoms with E-state index in [2.05, 4.69) is 44.3 Å². The van der Waals surface area contributed by atoms with Gasteiger partial charge in [0.25, 0.3) is 0 Å². The third-order valence-electron chi connectivity index (χ3n) is 3.51. The summed E-state index contributed by atoms with van der Waals surface area (Å²) in [5, 5.41) is 12.1. The minimum Gasteiger partial charge on any atom is -0.496 e. The largest absolute Gasteiger partial charge is 0.496 e. The van der Waals surface area contributed by atoms with Crippen molar-refractivity contribution < 1.29 is 4.74 Å². The van der Waals surface area contributed by atoms with Crippen LogP contribution in [-0.4, -0.2) is 14.2 Å². The van der Waals surface area contributed by atoms with Gasteiger partial charge in [-0.1, -0.05) is 19.9 Å². The van der Waals surface area contributed by atoms with Crippen molar-refractivity contribution in [3.63, 3.8) is 0 Å². The quantitative estimate of drug-likeness (QED) is 0.848. The van der Waals surface area contributed by atoms with Crippen LogP contribution in [0.15, 0.2) is 12.1 Å². The molecule has 0 saturated heterocycles. The number of ether oxygens (including phenoxy) is 1. The second-order valence-corrected chi connectivity index (χ2v) is 5.14. The van der Waals surface area contributed by atoms with Gasteiger partial charge in [-0.15, -0.1) is 0 Å². The summed E-state index contributed by atoms with van der Waals surface area (Å²) in [5.41, 5.74) is 3.70. The smallest absolute Gasteiger partial charge is 0.122 e. The molecule has 3 heteroatoms. The molecule has 0 spiro atoms. The number of hydrogen-bond acceptors (Lipinski definition) is 3. The van der Waals surface area contributed by atoms with Gasteiger partial charge in [-0.2, -0.15) is 5.26 Å². The number of hydrogen-bond donors (Lipinski definition) is 1. The van der Waals surface area contributed by atoms with Gasteiger partial charge in [-0.3, -0.25) is 0 Å². The molecule has 1 aromatic carbocycles. The molecule has 0 aliphatic rings. The topological polar surface area (TPSA) is 45.0 Å². The van der Waals surface area contributed by atoms with Gasteiger partial charge in [-0.25, -0.2) is 0 Å². The lowest BCUT2D eigenvalue weighted by atomic mass is 9.91. The highest BCUT2D eigenvalue weighted by Crippen LogP contribution is 2.33. The van der Waals surface area contributed by atoms with Crippen molar-refractivity contribution in [1.29, 1.82) is 5.26 Å². The molecule has 1 atom stereocenters. The zero-order valence-electron chi connectivity index (χ0n) is 12.6. The Labute approximate surface area is 116 Å². The number of rotatable bonds is 6. The average Bonchev–Trinajstić information content (AvgIpc) is 2.40. The molecule has 0 amide bonds. The molecule has 0 aromatic heterocycles. The zero-order chi connectivity index (χ0) is 14.4. The third-order valence-corrected chi connectivity index (χ3v) is 3.51. The summed E-state index contributed by atoms with van der Waals surface area (Å²) >= 11 is 0. The third kappa shape index (κ3) is 3.71. The lowest BCUT2D eigenvalue weighted by Crippen LogP contribution is -2.18. The first kappa shape index (κ1) is 15.5. The van der Waals surface area contributed by atoms with Crippen LogP contribution in [0.1, 0.15) is 55.3 Å². The minimum atomic E-state index is 0.225. The normalized spacial score (nSPS) is 12.3. The fourth-order valence-corrected chi connectivity index (χ4v) is 2.38. The zero-order valence-corrected chi connectivity index (χ0v) is 12.6. The second kappa shape index (κ2) is 7.16. The van der Waals surface area contributed by atoms with Gasteiger partial charge in [-0.05, 0) is 49.1 Å². The van der Waals surface area contributed by atoms with E-state index in [0.717, 1.165) is 12.2 Å². The van der Waals surface area contributed by atoms with E-state index in [1.807, 2.05) is 7.05 Å². The van der Waals surface area contributed by atoms with Crippen LogP contribution in [0.2, 0.25) is 0 Å². The number of benzene rings is 1. The van der Waals surface area contributed by atoms with Crippen LogP contribution < -0.4 is 10.1 Å². The van der Waals surface area contributed by atoms with Gasteiger partial charge in [0.1, 0.15) is 5.75 Å². The summed E-state index contributed by atoms with van der Waals surface area (Å²) in [6, 6.07) is 6.76. The van der Waals surface area contributed by atoms with Crippen molar-refractivity contribution in [1.82, 2.24) is 5.32 Å². The van der Waals surface area contributed by atoms with Crippen molar-refractivity contribution >= 4 is 0 Å². The maximum Gasteiger partial charge on any atom is 0.122 e. The Balaban J connectivity index is 3.19. The van der Waals surface area contributed by atoms with Crippen LogP contribution in [0, 0.1) is 18.3 Å². The van der Waals surface area contributed by atoms with Crippen LogP contribution in [0.25, 0.3) is 0 Å². The summed E-state index contributed by atoms with van der Waals surface area (Å²) in [6.07, 6.45) is 1.39. The molecule has 1 unspecified atom stereocenters. The van der Waals surface area contributed by atoms with Crippen molar-refractivity contribution in [2.75, 3.05) is 14.2 Å². The van der Waals surface area contributed by atoms with Crippen molar-refractivity contribution in [3.8, 4) is 11.8 Å². The lowest BCUT2D eigenvalue weighted by molar-refractivity contribution is 0.406. The van der Waals surface area contributed by atoms with Gasteiger partial charge >= 0.3 is 0 Å². The molecule has 0 saturated carbocycles. The highest BCUT2D eigenvalue weighted by molar-refractivity contribution is 5.45. The molecule has 0 radical (unpaired) electrons. The van der Waals surface area contributed by atoms with Crippen LogP contribution >= 0.6 is 0 Å². The number of nitriles is 1. The van der Waals surface area contributed by atoms with Gasteiger partial charge in [0.2, 0.25) is 0 Å². The Kier molecular flexibility index (Phi) is 5.85. The molecule has 0 fully saturated rings. The van der Waals surface area contributed by atoms with E-state index in [9.17, 15) is 0 Å². The molecule has 1 aromatic rings. The van der Waals surface area contributed by atoms with E-state index < -0.39 is 0 Å². The van der Waals surface area contributed by atoms with E-state index in [1.54, 1.807) is 7.11 Å². The van der Waals surface area contributed by atoms with Gasteiger partial charge in [0, 0.05) is 12.5 Å². The number of nitrogens with zero attached hydrogens (tertiary/aromatic N) is 1. The molecule has 0 bridgehead atoms. The maximum atomic E-state index is 8.75. The second-order valence-electron chi connectivity index (χ2n) is 5.14. The number of aryl methyl sites for hydroxylation is 1. The molecule has 1 rings (SSSR count). The van der Waals surface area contributed by atoms with E-state index in [1.165, 1.54) is 16.7 Å². The van der Waals surface area contributed by atoms with Crippen LogP contribution in [0.5, 0.6) is 5.75 Å². The van der Waals surface area contributed by atoms with E-state index >= 15 is 0 Å². The molecular formula is C16H24N2O. The van der Waals surface area contributed by atoms with Crippen molar-refractivity contribution in [3.05, 3.63) is 28.8 Å². The lowest BCUT2D eigenvalue weighted by Gasteiger charge is -2.21. The Hall–Kier alpha value is -1.53. The summed E-state index contributed by atoms with van der Waals surface area (Å²) in [7, 11) is 3.66. The average molecular weight is 260 g/mol. The first-order valence-electron chi connectivity index (χ1n) is 6.77. The predicted molar refractivity (Wildman–Crippen MR) is 78.5 cm³/mol. The molecule has 3 nitrogen and oxygen atoms in total. The summed E-state index contributed by atoms with van der Waals surface area (Å²) < 4.78 is 5.46. The summed E-state index contributed by atoms with van der Waals surface area (Å²) in [4.78, 5) is 0. The maximum absolute atomic E-state index is 8.75. The van der Waals surface area contributed by atoms with Crippen LogP contribution in [0.3, 0.4) is 0 Å². The summed E-state index contributed by atoms with van der Waals surface area (Å²) in [5.74, 6) is 1.37. The Bertz CT molecular complexity index is 461. The van der Waals surface area contributed by atoms with Gasteiger partial charge < -0.3 is 10.1 Å². The number of nitrogens with one attached hydrogen (secondary N) is 1. The van der Waals surface area contributed by atoms with Crippen LogP contribution in [-0.2, 0) is 0 Å². The Morgan fingerprint density at radius 2 is 2.00 bits per heavy atom. The molecule has 19 heavy (non-hydrogen) atoms. The fourth-order valence-electron chi connectivity index (χ4n) is 2.38. The van der Waals surface area contributed by atoms with Gasteiger partial charge in [0.05, 0.1) is 13.2 Å². The van der Waals surface area contributed by atoms with E-state index in [-0.39, 0.29) is 6.04 Å². The first-order valence-corrected chi connectivity index (χ1v) is 6.77. The standard InChI is InChI=1S/C16H24N2O/c1-11(2)13-10-14(12(3)9-16(13)19-5)15(18-4)7-6-8-17/h9-11,15,18H,6-7H2,1-5H3. The molecular weight excluding hydrogens is 236 g/mol. The molecule has 0 aliphatic heterocycles. The molecule has 0 aliphatic carbocycles. The highest BCUT2D eigenvalue weighted by Gasteiger charge is 2.16. The monoisotopic (exact) mass is 260 g/mol. The minimum absolute atomic E-state index is 0.225. The predicted octanol–water partition coefficient (Wildman–Crippen LogP) is 3.69. The molecule has 0 heterocycles. The molecule has 104 valence electrons.